The molecule has 0 bridgehead atoms. The van der Waals surface area contributed by atoms with Crippen LogP contribution in [0, 0.1) is 0 Å². The van der Waals surface area contributed by atoms with Crippen molar-refractivity contribution in [3.8, 4) is 16.8 Å². The minimum Gasteiger partial charge on any atom is -0.321 e. The number of aromatic nitrogens is 1. The Labute approximate surface area is 193 Å². The molecule has 0 atom stereocenters. The van der Waals surface area contributed by atoms with Crippen molar-refractivity contribution in [2.75, 3.05) is 0 Å². The molecule has 33 heavy (non-hydrogen) atoms. The third-order valence-corrected chi connectivity index (χ3v) is 7.34. The zero-order valence-corrected chi connectivity index (χ0v) is 19.6. The molecular weight excluding hydrogens is 429 g/mol. The molecule has 0 aliphatic carbocycles. The third-order valence-electron chi connectivity index (χ3n) is 6.37. The van der Waals surface area contributed by atoms with E-state index in [0.717, 1.165) is 29.7 Å². The third kappa shape index (κ3) is 3.91. The van der Waals surface area contributed by atoms with Gasteiger partial charge in [-0.2, -0.15) is 0 Å². The lowest BCUT2D eigenvalue weighted by Crippen LogP contribution is -2.02. The van der Waals surface area contributed by atoms with Gasteiger partial charge in [-0.15, -0.1) is 0 Å². The van der Waals surface area contributed by atoms with E-state index >= 15 is 0 Å². The van der Waals surface area contributed by atoms with Gasteiger partial charge in [0.15, 0.2) is 0 Å². The summed E-state index contributed by atoms with van der Waals surface area (Å²) in [5.41, 5.74) is 8.04. The first kappa shape index (κ1) is 21.7. The Bertz CT molecular complexity index is 1450. The Morgan fingerprint density at radius 1 is 0.667 bits per heavy atom. The van der Waals surface area contributed by atoms with E-state index in [0.29, 0.717) is 0 Å². The minimum absolute atomic E-state index is 0.0334. The summed E-state index contributed by atoms with van der Waals surface area (Å²) in [6.45, 7) is 4.37. The molecule has 0 spiro atoms. The van der Waals surface area contributed by atoms with Gasteiger partial charge in [-0.25, -0.2) is 0 Å². The zero-order valence-electron chi connectivity index (χ0n) is 18.7. The molecule has 2 N–H and O–H groups in total. The predicted octanol–water partition coefficient (Wildman–Crippen LogP) is 6.38. The van der Waals surface area contributed by atoms with E-state index in [4.69, 9.17) is 0 Å². The Morgan fingerprint density at radius 3 is 1.55 bits per heavy atom. The van der Waals surface area contributed by atoms with Crippen molar-refractivity contribution in [1.29, 1.82) is 0 Å². The first-order valence-corrected chi connectivity index (χ1v) is 12.8. The summed E-state index contributed by atoms with van der Waals surface area (Å²) in [7, 11) is -4.23. The van der Waals surface area contributed by atoms with Crippen LogP contribution in [0.1, 0.15) is 25.0 Å². The van der Waals surface area contributed by atoms with Gasteiger partial charge in [0.1, 0.15) is 0 Å². The smallest absolute Gasteiger partial charge is 0.321 e. The summed E-state index contributed by atoms with van der Waals surface area (Å²) in [6, 6.07) is 28.3. The van der Waals surface area contributed by atoms with E-state index in [2.05, 4.69) is 79.1 Å². The van der Waals surface area contributed by atoms with Crippen LogP contribution in [0.25, 0.3) is 38.6 Å². The van der Waals surface area contributed by atoms with Gasteiger partial charge in [0.25, 0.3) is 0 Å². The van der Waals surface area contributed by atoms with Crippen molar-refractivity contribution in [3.63, 3.8) is 0 Å². The van der Waals surface area contributed by atoms with Crippen molar-refractivity contribution >= 4 is 34.7 Å². The molecule has 0 aliphatic rings. The first-order valence-electron chi connectivity index (χ1n) is 11.2. The van der Waals surface area contributed by atoms with Crippen molar-refractivity contribution < 1.29 is 14.4 Å². The van der Waals surface area contributed by atoms with Gasteiger partial charge in [0, 0.05) is 16.5 Å². The van der Waals surface area contributed by atoms with E-state index in [-0.39, 0.29) is 5.30 Å². The summed E-state index contributed by atoms with van der Waals surface area (Å²) in [5.74, 6) is 0. The molecule has 4 aromatic carbocycles. The molecule has 0 unspecified atom stereocenters. The highest BCUT2D eigenvalue weighted by molar-refractivity contribution is 7.60. The molecule has 166 valence electrons. The van der Waals surface area contributed by atoms with E-state index in [1.165, 1.54) is 45.1 Å². The summed E-state index contributed by atoms with van der Waals surface area (Å²) in [5, 5.41) is 2.58. The van der Waals surface area contributed by atoms with Gasteiger partial charge in [-0.3, -0.25) is 4.57 Å². The van der Waals surface area contributed by atoms with Crippen molar-refractivity contribution in [2.45, 2.75) is 26.7 Å². The lowest BCUT2D eigenvalue weighted by atomic mass is 10.1. The number of nitrogens with zero attached hydrogens (tertiary/aromatic N) is 1. The van der Waals surface area contributed by atoms with E-state index in [1.807, 2.05) is 0 Å². The largest absolute Gasteiger partial charge is 0.356 e. The monoisotopic (exact) mass is 455 g/mol. The molecule has 0 radical (unpaired) electrons. The lowest BCUT2D eigenvalue weighted by Gasteiger charge is -2.10. The van der Waals surface area contributed by atoms with Crippen LogP contribution in [0.15, 0.2) is 84.9 Å². The summed E-state index contributed by atoms with van der Waals surface area (Å²) < 4.78 is 13.8. The highest BCUT2D eigenvalue weighted by atomic mass is 31.2. The van der Waals surface area contributed by atoms with Gasteiger partial charge in [0.05, 0.1) is 16.3 Å². The molecule has 0 fully saturated rings. The van der Waals surface area contributed by atoms with Crippen LogP contribution in [0.2, 0.25) is 0 Å². The molecule has 0 aliphatic heterocycles. The molecule has 4 nitrogen and oxygen atoms in total. The maximum atomic E-state index is 11.4. The van der Waals surface area contributed by atoms with E-state index < -0.39 is 7.60 Å². The predicted molar refractivity (Wildman–Crippen MR) is 137 cm³/mol. The SMILES string of the molecule is CCc1ccc2c(c1)c1cc(CC)ccc1n2-c1ccc(-c2ccc(P(=O)(O)O)cc2)cc1. The van der Waals surface area contributed by atoms with Crippen LogP contribution < -0.4 is 5.30 Å². The second-order valence-electron chi connectivity index (χ2n) is 8.38. The normalized spacial score (nSPS) is 12.0. The number of benzene rings is 4. The van der Waals surface area contributed by atoms with E-state index in [1.54, 1.807) is 12.1 Å². The minimum atomic E-state index is -4.23. The van der Waals surface area contributed by atoms with Crippen molar-refractivity contribution in [3.05, 3.63) is 96.1 Å². The Morgan fingerprint density at radius 2 is 1.12 bits per heavy atom. The van der Waals surface area contributed by atoms with Crippen molar-refractivity contribution in [1.82, 2.24) is 4.57 Å². The quantitative estimate of drug-likeness (QED) is 0.302. The highest BCUT2D eigenvalue weighted by Crippen LogP contribution is 2.35. The van der Waals surface area contributed by atoms with Crippen LogP contribution in [0.4, 0.5) is 0 Å². The standard InChI is InChI=1S/C28H26NO3P/c1-3-19-5-15-27-25(17-19)26-18-20(4-2)6-16-28(26)29(27)23-11-7-21(8-12-23)22-9-13-24(14-10-22)33(30,31)32/h5-18H,3-4H2,1-2H3,(H2,30,31,32). The topological polar surface area (TPSA) is 62.5 Å². The molecule has 1 heterocycles. The average Bonchev–Trinajstić information content (AvgIpc) is 3.16. The lowest BCUT2D eigenvalue weighted by molar-refractivity contribution is 0.387. The first-order chi connectivity index (χ1) is 15.9. The fourth-order valence-corrected chi connectivity index (χ4v) is 5.02. The van der Waals surface area contributed by atoms with Gasteiger partial charge in [-0.05, 0) is 83.6 Å². The summed E-state index contributed by atoms with van der Waals surface area (Å²) in [4.78, 5) is 18.7. The molecule has 5 rings (SSSR count). The van der Waals surface area contributed by atoms with Gasteiger partial charge >= 0.3 is 7.60 Å². The molecule has 5 aromatic rings. The second-order valence-corrected chi connectivity index (χ2v) is 9.99. The van der Waals surface area contributed by atoms with Crippen LogP contribution in [-0.4, -0.2) is 14.4 Å². The van der Waals surface area contributed by atoms with Crippen LogP contribution in [-0.2, 0) is 17.4 Å². The molecule has 5 heteroatoms. The van der Waals surface area contributed by atoms with Crippen LogP contribution in [0.5, 0.6) is 0 Å². The molecule has 0 saturated heterocycles. The van der Waals surface area contributed by atoms with Gasteiger partial charge in [-0.1, -0.05) is 50.2 Å². The van der Waals surface area contributed by atoms with Gasteiger partial charge < -0.3 is 14.4 Å². The number of fused-ring (bicyclic) bond motifs is 3. The van der Waals surface area contributed by atoms with Gasteiger partial charge in [0.2, 0.25) is 0 Å². The number of rotatable bonds is 5. The summed E-state index contributed by atoms with van der Waals surface area (Å²) in [6.07, 6.45) is 2.01. The average molecular weight is 455 g/mol. The second kappa shape index (κ2) is 8.31. The highest BCUT2D eigenvalue weighted by Gasteiger charge is 2.17. The van der Waals surface area contributed by atoms with Crippen LogP contribution in [0.3, 0.4) is 0 Å². The number of aryl methyl sites for hydroxylation is 2. The molecular formula is C28H26NO3P. The zero-order chi connectivity index (χ0) is 23.2. The molecule has 0 saturated carbocycles. The maximum absolute atomic E-state index is 11.4. The fraction of sp³-hybridized carbons (Fsp3) is 0.143. The Kier molecular flexibility index (Phi) is 5.46. The maximum Gasteiger partial charge on any atom is 0.356 e. The Hall–Kier alpha value is -3.17. The number of hydrogen-bond acceptors (Lipinski definition) is 1. The summed E-state index contributed by atoms with van der Waals surface area (Å²) >= 11 is 0. The van der Waals surface area contributed by atoms with Crippen LogP contribution >= 0.6 is 7.60 Å². The number of hydrogen-bond donors (Lipinski definition) is 2. The molecule has 1 aromatic heterocycles. The molecule has 0 amide bonds. The van der Waals surface area contributed by atoms with Crippen molar-refractivity contribution in [2.24, 2.45) is 0 Å². The Balaban J connectivity index is 1.62. The fourth-order valence-electron chi connectivity index (χ4n) is 4.49. The van der Waals surface area contributed by atoms with E-state index in [9.17, 15) is 14.4 Å².